The van der Waals surface area contributed by atoms with E-state index in [4.69, 9.17) is 0 Å². The highest BCUT2D eigenvalue weighted by Gasteiger charge is 2.30. The minimum absolute atomic E-state index is 0.0900. The Morgan fingerprint density at radius 3 is 2.40 bits per heavy atom. The quantitative estimate of drug-likeness (QED) is 0.218. The van der Waals surface area contributed by atoms with Crippen molar-refractivity contribution in [1.82, 2.24) is 26.2 Å². The predicted molar refractivity (Wildman–Crippen MR) is 127 cm³/mol. The van der Waals surface area contributed by atoms with Crippen molar-refractivity contribution < 1.29 is 19.2 Å². The fourth-order valence-corrected chi connectivity index (χ4v) is 4.02. The van der Waals surface area contributed by atoms with Gasteiger partial charge in [-0.15, -0.1) is 0 Å². The summed E-state index contributed by atoms with van der Waals surface area (Å²) in [5.74, 6) is -1.99. The standard InChI is InChI=1S/C26H24FN5O3/c27-22-11-9-19(10-12-22)26(34)29-25(23-16-28-32-30-23)21(15-24(33)31-35)14-17-5-4-8-20(13-17)18-6-2-1-3-7-18/h1-13,16,21,25,35H,14-15H2,(H,29,34)(H,31,33)(H,28,30,32). The van der Waals surface area contributed by atoms with Gasteiger partial charge in [0.15, 0.2) is 0 Å². The van der Waals surface area contributed by atoms with E-state index in [1.165, 1.54) is 30.5 Å². The first kappa shape index (κ1) is 23.8. The smallest absolute Gasteiger partial charge is 0.251 e. The number of aromatic amines is 1. The minimum atomic E-state index is -0.719. The van der Waals surface area contributed by atoms with E-state index >= 15 is 0 Å². The van der Waals surface area contributed by atoms with E-state index in [0.717, 1.165) is 16.7 Å². The first-order valence-corrected chi connectivity index (χ1v) is 11.0. The Morgan fingerprint density at radius 1 is 0.971 bits per heavy atom. The Labute approximate surface area is 201 Å². The first-order chi connectivity index (χ1) is 17.0. The molecule has 0 saturated heterocycles. The summed E-state index contributed by atoms with van der Waals surface area (Å²) < 4.78 is 13.3. The van der Waals surface area contributed by atoms with Crippen molar-refractivity contribution in [2.75, 3.05) is 0 Å². The van der Waals surface area contributed by atoms with E-state index in [0.29, 0.717) is 12.1 Å². The minimum Gasteiger partial charge on any atom is -0.343 e. The van der Waals surface area contributed by atoms with Crippen LogP contribution in [0, 0.1) is 11.7 Å². The van der Waals surface area contributed by atoms with Gasteiger partial charge in [-0.25, -0.2) is 9.87 Å². The van der Waals surface area contributed by atoms with Crippen LogP contribution in [0.5, 0.6) is 0 Å². The number of nitrogens with zero attached hydrogens (tertiary/aromatic N) is 2. The third kappa shape index (κ3) is 6.15. The van der Waals surface area contributed by atoms with E-state index in [1.54, 1.807) is 5.48 Å². The van der Waals surface area contributed by atoms with Crippen LogP contribution in [0.1, 0.15) is 34.1 Å². The molecule has 0 aliphatic carbocycles. The number of aromatic nitrogens is 3. The van der Waals surface area contributed by atoms with Crippen molar-refractivity contribution in [2.45, 2.75) is 18.9 Å². The van der Waals surface area contributed by atoms with Crippen LogP contribution in [0.2, 0.25) is 0 Å². The Morgan fingerprint density at radius 2 is 1.71 bits per heavy atom. The Hall–Kier alpha value is -4.37. The largest absolute Gasteiger partial charge is 0.343 e. The van der Waals surface area contributed by atoms with Crippen LogP contribution in [0.15, 0.2) is 85.1 Å². The number of amides is 2. The second-order valence-corrected chi connectivity index (χ2v) is 8.12. The third-order valence-electron chi connectivity index (χ3n) is 5.72. The molecule has 2 atom stereocenters. The molecule has 1 aromatic heterocycles. The molecule has 0 bridgehead atoms. The maximum Gasteiger partial charge on any atom is 0.251 e. The molecule has 2 amide bonds. The van der Waals surface area contributed by atoms with Gasteiger partial charge in [-0.3, -0.25) is 14.8 Å². The van der Waals surface area contributed by atoms with Crippen molar-refractivity contribution in [3.63, 3.8) is 0 Å². The van der Waals surface area contributed by atoms with Crippen LogP contribution in [-0.4, -0.2) is 32.4 Å². The average Bonchev–Trinajstić information content (AvgIpc) is 3.42. The highest BCUT2D eigenvalue weighted by molar-refractivity contribution is 5.94. The number of hydrogen-bond acceptors (Lipinski definition) is 5. The lowest BCUT2D eigenvalue weighted by Gasteiger charge is -2.26. The molecule has 9 heteroatoms. The molecule has 0 aliphatic heterocycles. The van der Waals surface area contributed by atoms with Gasteiger partial charge < -0.3 is 5.32 Å². The van der Waals surface area contributed by atoms with Crippen molar-refractivity contribution in [1.29, 1.82) is 0 Å². The number of halogens is 1. The summed E-state index contributed by atoms with van der Waals surface area (Å²) in [6.07, 6.45) is 1.78. The SMILES string of the molecule is O=C(CC(Cc1cccc(-c2ccccc2)c1)C(NC(=O)c1ccc(F)cc1)c1cn[nH]n1)NO. The van der Waals surface area contributed by atoms with Crippen LogP contribution in [0.4, 0.5) is 4.39 Å². The van der Waals surface area contributed by atoms with Crippen LogP contribution in [0.25, 0.3) is 11.1 Å². The highest BCUT2D eigenvalue weighted by atomic mass is 19.1. The second kappa shape index (κ2) is 11.2. The predicted octanol–water partition coefficient (Wildman–Crippen LogP) is 3.84. The van der Waals surface area contributed by atoms with Gasteiger partial charge in [0.25, 0.3) is 5.91 Å². The number of hydrogen-bond donors (Lipinski definition) is 4. The molecule has 35 heavy (non-hydrogen) atoms. The lowest BCUT2D eigenvalue weighted by Crippen LogP contribution is -2.37. The zero-order chi connectivity index (χ0) is 24.6. The van der Waals surface area contributed by atoms with Gasteiger partial charge in [-0.05, 0) is 53.3 Å². The number of carbonyl (C=O) groups excluding carboxylic acids is 2. The average molecular weight is 474 g/mol. The van der Waals surface area contributed by atoms with E-state index in [1.807, 2.05) is 54.6 Å². The number of nitrogens with one attached hydrogen (secondary N) is 3. The second-order valence-electron chi connectivity index (χ2n) is 8.12. The number of H-pyrrole nitrogens is 1. The molecule has 0 radical (unpaired) electrons. The van der Waals surface area contributed by atoms with Gasteiger partial charge in [0.05, 0.1) is 12.2 Å². The van der Waals surface area contributed by atoms with E-state index in [-0.39, 0.29) is 12.0 Å². The van der Waals surface area contributed by atoms with Crippen molar-refractivity contribution in [3.8, 4) is 11.1 Å². The molecule has 0 saturated carbocycles. The zero-order valence-electron chi connectivity index (χ0n) is 18.7. The van der Waals surface area contributed by atoms with Gasteiger partial charge in [0.2, 0.25) is 5.91 Å². The summed E-state index contributed by atoms with van der Waals surface area (Å²) in [4.78, 5) is 25.2. The fourth-order valence-electron chi connectivity index (χ4n) is 4.02. The van der Waals surface area contributed by atoms with Gasteiger partial charge in [0, 0.05) is 12.0 Å². The molecule has 0 aliphatic rings. The molecule has 4 rings (SSSR count). The maximum absolute atomic E-state index is 13.3. The Balaban J connectivity index is 1.64. The van der Waals surface area contributed by atoms with Crippen molar-refractivity contribution in [3.05, 3.63) is 108 Å². The van der Waals surface area contributed by atoms with E-state index < -0.39 is 29.6 Å². The molecule has 3 aromatic carbocycles. The molecule has 8 nitrogen and oxygen atoms in total. The number of carbonyl (C=O) groups is 2. The summed E-state index contributed by atoms with van der Waals surface area (Å²) in [6, 6.07) is 22.2. The molecule has 2 unspecified atom stereocenters. The summed E-state index contributed by atoms with van der Waals surface area (Å²) in [5, 5.41) is 22.6. The molecule has 1 heterocycles. The molecule has 0 fully saturated rings. The van der Waals surface area contributed by atoms with E-state index in [9.17, 15) is 19.2 Å². The van der Waals surface area contributed by atoms with Gasteiger partial charge >= 0.3 is 0 Å². The van der Waals surface area contributed by atoms with Crippen LogP contribution in [0.3, 0.4) is 0 Å². The van der Waals surface area contributed by atoms with E-state index in [2.05, 4.69) is 20.7 Å². The fraction of sp³-hybridized carbons (Fsp3) is 0.154. The maximum atomic E-state index is 13.3. The summed E-state index contributed by atoms with van der Waals surface area (Å²) in [6.45, 7) is 0. The molecule has 4 aromatic rings. The van der Waals surface area contributed by atoms with Gasteiger partial charge in [0.1, 0.15) is 11.5 Å². The van der Waals surface area contributed by atoms with Gasteiger partial charge in [-0.2, -0.15) is 15.4 Å². The topological polar surface area (TPSA) is 120 Å². The van der Waals surface area contributed by atoms with Crippen LogP contribution < -0.4 is 10.8 Å². The Bertz CT molecular complexity index is 1260. The lowest BCUT2D eigenvalue weighted by atomic mass is 9.86. The Kier molecular flexibility index (Phi) is 7.59. The number of rotatable bonds is 9. The molecule has 0 spiro atoms. The zero-order valence-corrected chi connectivity index (χ0v) is 18.7. The molecular weight excluding hydrogens is 449 g/mol. The van der Waals surface area contributed by atoms with Crippen LogP contribution in [-0.2, 0) is 11.2 Å². The first-order valence-electron chi connectivity index (χ1n) is 11.0. The summed E-state index contributed by atoms with van der Waals surface area (Å²) >= 11 is 0. The lowest BCUT2D eigenvalue weighted by molar-refractivity contribution is -0.130. The van der Waals surface area contributed by atoms with Crippen molar-refractivity contribution >= 4 is 11.8 Å². The highest BCUT2D eigenvalue weighted by Crippen LogP contribution is 2.29. The molecule has 178 valence electrons. The molecule has 4 N–H and O–H groups in total. The third-order valence-corrected chi connectivity index (χ3v) is 5.72. The van der Waals surface area contributed by atoms with Crippen molar-refractivity contribution in [2.24, 2.45) is 5.92 Å². The normalized spacial score (nSPS) is 12.5. The summed E-state index contributed by atoms with van der Waals surface area (Å²) in [7, 11) is 0. The monoisotopic (exact) mass is 473 g/mol. The number of hydroxylamine groups is 1. The number of benzene rings is 3. The molecular formula is C26H24FN5O3. The summed E-state index contributed by atoms with van der Waals surface area (Å²) in [5.41, 5.74) is 5.36. The van der Waals surface area contributed by atoms with Gasteiger partial charge in [-0.1, -0.05) is 54.6 Å². The van der Waals surface area contributed by atoms with Crippen LogP contribution >= 0.6 is 0 Å².